The topological polar surface area (TPSA) is 61.6 Å². The molecule has 1 aromatic rings. The maximum absolute atomic E-state index is 11.1. The molecule has 0 bridgehead atoms. The van der Waals surface area contributed by atoms with E-state index < -0.39 is 56.5 Å². The maximum atomic E-state index is 11.1. The number of amides is 2. The van der Waals surface area contributed by atoms with Crippen molar-refractivity contribution in [2.24, 2.45) is 11.7 Å². The second-order valence-electron chi connectivity index (χ2n) is 6.00. The second kappa shape index (κ2) is 9.16. The molecule has 1 aliphatic heterocycles. The smallest absolute Gasteiger partial charge is 0.312 e. The average Bonchev–Trinajstić information content (AvgIpc) is 2.75. The summed E-state index contributed by atoms with van der Waals surface area (Å²) in [4.78, 5) is 11.0. The molecule has 2 aliphatic rings. The largest absolute Gasteiger partial charge is 0.368 e. The molecule has 3 rings (SSSR count). The lowest BCUT2D eigenvalue weighted by Gasteiger charge is -2.37. The number of anilines is 1. The highest BCUT2D eigenvalue weighted by molar-refractivity contribution is 6.43. The summed E-state index contributed by atoms with van der Waals surface area (Å²) in [5, 5.41) is 1.99. The lowest BCUT2D eigenvalue weighted by molar-refractivity contribution is 0.207. The first-order valence-corrected chi connectivity index (χ1v) is 8.92. The van der Waals surface area contributed by atoms with E-state index >= 15 is 0 Å². The predicted octanol–water partition coefficient (Wildman–Crippen LogP) is 3.73. The van der Waals surface area contributed by atoms with Crippen molar-refractivity contribution >= 4 is 34.9 Å². The molecular formula is C19H28Cl2N4O. The first-order valence-electron chi connectivity index (χ1n) is 14.2. The van der Waals surface area contributed by atoms with Gasteiger partial charge in [0, 0.05) is 43.0 Å². The minimum atomic E-state index is -3.64. The molecular weight excluding hydrogens is 371 g/mol. The Morgan fingerprint density at radius 2 is 1.92 bits per heavy atom. The van der Waals surface area contributed by atoms with E-state index in [2.05, 4.69) is 5.32 Å². The molecule has 1 aromatic carbocycles. The zero-order valence-electron chi connectivity index (χ0n) is 25.9. The normalized spacial score (nSPS) is 40.2. The average molecular weight is 411 g/mol. The SMILES string of the molecule is [2H]C([2H])(C1CCC(NC(N)=O)CC1)C([2H])([2H])N1C([2H])([2H])C([2H])([2H])N(c2cccc(Cl)c2Cl)C([2H])([2H])C1([2H])[2H]. The fourth-order valence-corrected chi connectivity index (χ4v) is 3.22. The predicted molar refractivity (Wildman–Crippen MR) is 108 cm³/mol. The first kappa shape index (κ1) is 9.35. The number of nitrogens with zero attached hydrogens (tertiary/aromatic N) is 2. The molecule has 0 radical (unpaired) electrons. The Labute approximate surface area is 182 Å². The number of carbonyl (C=O) groups is 1. The van der Waals surface area contributed by atoms with Gasteiger partial charge in [0.1, 0.15) is 0 Å². The van der Waals surface area contributed by atoms with Crippen LogP contribution in [-0.4, -0.2) is 49.5 Å². The molecule has 7 heteroatoms. The summed E-state index contributed by atoms with van der Waals surface area (Å²) in [6, 6.07) is 2.58. The van der Waals surface area contributed by atoms with E-state index in [-0.39, 0.29) is 51.6 Å². The Hall–Kier alpha value is -1.17. The van der Waals surface area contributed by atoms with Gasteiger partial charge in [0.05, 0.1) is 21.2 Å². The van der Waals surface area contributed by atoms with Gasteiger partial charge in [-0.15, -0.1) is 0 Å². The molecule has 1 saturated carbocycles. The van der Waals surface area contributed by atoms with E-state index in [0.717, 1.165) is 6.07 Å². The standard InChI is InChI=1S/C19H28Cl2N4O/c20-16-2-1-3-17(18(16)21)25-12-10-24(11-13-25)9-8-14-4-6-15(7-5-14)23-19(22)26/h1-3,14-15H,4-13H2,(H3,22,23,26)/i8D2,9D2,10D2,11D2,12D2,13D2. The number of hydrogen-bond acceptors (Lipinski definition) is 3. The molecule has 3 N–H and O–H groups in total. The maximum Gasteiger partial charge on any atom is 0.312 e. The van der Waals surface area contributed by atoms with Gasteiger partial charge in [-0.1, -0.05) is 29.3 Å². The Morgan fingerprint density at radius 3 is 2.58 bits per heavy atom. The van der Waals surface area contributed by atoms with Crippen LogP contribution in [0.1, 0.15) is 48.5 Å². The summed E-state index contributed by atoms with van der Waals surface area (Å²) >= 11 is 12.2. The highest BCUT2D eigenvalue weighted by Gasteiger charge is 2.24. The number of piperazine rings is 1. The van der Waals surface area contributed by atoms with Gasteiger partial charge in [0.25, 0.3) is 0 Å². The molecule has 0 atom stereocenters. The molecule has 2 fully saturated rings. The van der Waals surface area contributed by atoms with Crippen molar-refractivity contribution < 1.29 is 21.2 Å². The van der Waals surface area contributed by atoms with Gasteiger partial charge in [0.2, 0.25) is 0 Å². The van der Waals surface area contributed by atoms with Crippen molar-refractivity contribution in [1.29, 1.82) is 0 Å². The van der Waals surface area contributed by atoms with Crippen LogP contribution >= 0.6 is 23.2 Å². The van der Waals surface area contributed by atoms with Crippen molar-refractivity contribution in [3.8, 4) is 0 Å². The quantitative estimate of drug-likeness (QED) is 0.776. The van der Waals surface area contributed by atoms with Crippen LogP contribution in [0.5, 0.6) is 0 Å². The van der Waals surface area contributed by atoms with Crippen LogP contribution < -0.4 is 16.0 Å². The Balaban J connectivity index is 2.10. The van der Waals surface area contributed by atoms with Crippen LogP contribution in [0.15, 0.2) is 18.2 Å². The molecule has 2 amide bonds. The summed E-state index contributed by atoms with van der Waals surface area (Å²) < 4.78 is 104. The number of nitrogens with one attached hydrogen (secondary N) is 1. The van der Waals surface area contributed by atoms with E-state index in [1.165, 1.54) is 12.1 Å². The van der Waals surface area contributed by atoms with Gasteiger partial charge in [-0.3, -0.25) is 4.90 Å². The van der Waals surface area contributed by atoms with Crippen molar-refractivity contribution in [2.45, 2.75) is 38.1 Å². The number of urea groups is 1. The molecule has 0 unspecified atom stereocenters. The Kier molecular flexibility index (Phi) is 3.29. The van der Waals surface area contributed by atoms with Crippen LogP contribution in [0, 0.1) is 5.92 Å². The molecule has 1 saturated heterocycles. The van der Waals surface area contributed by atoms with E-state index in [0.29, 0.717) is 0 Å². The fourth-order valence-electron chi connectivity index (χ4n) is 2.84. The fraction of sp³-hybridized carbons (Fsp3) is 0.632. The van der Waals surface area contributed by atoms with E-state index in [9.17, 15) is 4.79 Å². The molecule has 0 spiro atoms. The van der Waals surface area contributed by atoms with E-state index in [1.807, 2.05) is 0 Å². The number of nitrogens with two attached hydrogens (primary N) is 1. The molecule has 144 valence electrons. The first-order chi connectivity index (χ1) is 17.1. The van der Waals surface area contributed by atoms with Crippen molar-refractivity contribution in [3.63, 3.8) is 0 Å². The monoisotopic (exact) mass is 410 g/mol. The van der Waals surface area contributed by atoms with Gasteiger partial charge < -0.3 is 16.0 Å². The van der Waals surface area contributed by atoms with Crippen LogP contribution in [0.25, 0.3) is 0 Å². The summed E-state index contributed by atoms with van der Waals surface area (Å²) in [5.74, 6) is -1.09. The zero-order chi connectivity index (χ0) is 29.3. The van der Waals surface area contributed by atoms with Crippen molar-refractivity contribution in [1.82, 2.24) is 10.2 Å². The number of hydrogen-bond donors (Lipinski definition) is 2. The second-order valence-corrected chi connectivity index (χ2v) is 6.79. The summed E-state index contributed by atoms with van der Waals surface area (Å²) in [6.45, 7) is -17.8. The highest BCUT2D eigenvalue weighted by Crippen LogP contribution is 2.33. The lowest BCUT2D eigenvalue weighted by atomic mass is 9.84. The minimum Gasteiger partial charge on any atom is -0.368 e. The van der Waals surface area contributed by atoms with Crippen LogP contribution in [0.2, 0.25) is 10.0 Å². The van der Waals surface area contributed by atoms with Crippen molar-refractivity contribution in [3.05, 3.63) is 28.2 Å². The molecule has 1 aliphatic carbocycles. The van der Waals surface area contributed by atoms with Gasteiger partial charge in [-0.05, 0) is 56.6 Å². The zero-order valence-corrected chi connectivity index (χ0v) is 15.4. The van der Waals surface area contributed by atoms with Crippen LogP contribution in [0.3, 0.4) is 0 Å². The number of primary amides is 1. The molecule has 0 aromatic heterocycles. The van der Waals surface area contributed by atoms with Crippen molar-refractivity contribution in [2.75, 3.05) is 37.4 Å². The summed E-state index contributed by atoms with van der Waals surface area (Å²) in [6.07, 6.45) is -2.46. The lowest BCUT2D eigenvalue weighted by Crippen LogP contribution is -2.47. The summed E-state index contributed by atoms with van der Waals surface area (Å²) in [5.41, 5.74) is 4.66. The number of benzene rings is 1. The third kappa shape index (κ3) is 5.18. The number of halogens is 2. The minimum absolute atomic E-state index is 0.0291. The van der Waals surface area contributed by atoms with Gasteiger partial charge in [0.15, 0.2) is 0 Å². The van der Waals surface area contributed by atoms with Crippen LogP contribution in [0.4, 0.5) is 10.5 Å². The summed E-state index contributed by atoms with van der Waals surface area (Å²) in [7, 11) is 0. The Bertz CT molecular complexity index is 1050. The van der Waals surface area contributed by atoms with Crippen LogP contribution in [-0.2, 0) is 0 Å². The highest BCUT2D eigenvalue weighted by atomic mass is 35.5. The number of carbonyl (C=O) groups excluding carboxylic acids is 1. The third-order valence-corrected chi connectivity index (χ3v) is 4.98. The third-order valence-electron chi connectivity index (χ3n) is 4.17. The number of rotatable bonds is 5. The molecule has 5 nitrogen and oxygen atoms in total. The van der Waals surface area contributed by atoms with Gasteiger partial charge >= 0.3 is 6.03 Å². The van der Waals surface area contributed by atoms with E-state index in [4.69, 9.17) is 45.4 Å². The molecule has 26 heavy (non-hydrogen) atoms. The molecule has 1 heterocycles. The van der Waals surface area contributed by atoms with E-state index in [1.54, 1.807) is 0 Å². The van der Waals surface area contributed by atoms with Gasteiger partial charge in [-0.2, -0.15) is 0 Å². The van der Waals surface area contributed by atoms with Gasteiger partial charge in [-0.25, -0.2) is 4.79 Å². The Morgan fingerprint density at radius 1 is 1.23 bits per heavy atom.